The normalized spacial score (nSPS) is 14.4. The molecule has 0 aromatic carbocycles. The van der Waals surface area contributed by atoms with Crippen LogP contribution >= 0.6 is 8.58 Å². The van der Waals surface area contributed by atoms with Gasteiger partial charge in [0.05, 0.1) is 5.60 Å². The minimum Gasteiger partial charge on any atom is -0.374 e. The van der Waals surface area contributed by atoms with Crippen LogP contribution in [0.3, 0.4) is 0 Å². The van der Waals surface area contributed by atoms with Gasteiger partial charge in [-0.05, 0) is 33.1 Å². The van der Waals surface area contributed by atoms with Crippen molar-refractivity contribution in [3.8, 4) is 0 Å². The first-order valence-corrected chi connectivity index (χ1v) is 6.37. The van der Waals surface area contributed by atoms with E-state index in [0.29, 0.717) is 0 Å². The summed E-state index contributed by atoms with van der Waals surface area (Å²) in [7, 11) is 2.50. The van der Waals surface area contributed by atoms with Gasteiger partial charge in [-0.25, -0.2) is 0 Å². The van der Waals surface area contributed by atoms with Crippen LogP contribution in [0.25, 0.3) is 0 Å². The minimum absolute atomic E-state index is 0.186. The monoisotopic (exact) mass is 215 g/mol. The summed E-state index contributed by atoms with van der Waals surface area (Å²) in [6.45, 7) is 12.2. The van der Waals surface area contributed by atoms with Crippen molar-refractivity contribution < 1.29 is 4.74 Å². The number of allylic oxidation sites excluding steroid dienone is 1. The molecule has 0 aliphatic rings. The fourth-order valence-corrected chi connectivity index (χ4v) is 2.65. The summed E-state index contributed by atoms with van der Waals surface area (Å²) < 4.78 is 5.49. The maximum absolute atomic E-state index is 5.49. The van der Waals surface area contributed by atoms with Crippen LogP contribution < -0.4 is 5.32 Å². The molecule has 1 atom stereocenters. The van der Waals surface area contributed by atoms with Gasteiger partial charge >= 0.3 is 0 Å². The first kappa shape index (κ1) is 13.7. The van der Waals surface area contributed by atoms with E-state index in [-0.39, 0.29) is 5.60 Å². The Morgan fingerprint density at radius 2 is 2.14 bits per heavy atom. The summed E-state index contributed by atoms with van der Waals surface area (Å²) in [5.41, 5.74) is 1.04. The van der Waals surface area contributed by atoms with Crippen molar-refractivity contribution in [3.63, 3.8) is 0 Å². The average Bonchev–Trinajstić information content (AvgIpc) is 2.17. The molecule has 0 saturated heterocycles. The second kappa shape index (κ2) is 6.21. The van der Waals surface area contributed by atoms with Gasteiger partial charge in [-0.15, -0.1) is 0 Å². The highest BCUT2D eigenvalue weighted by molar-refractivity contribution is 7.42. The van der Waals surface area contributed by atoms with E-state index in [1.807, 2.05) is 0 Å². The van der Waals surface area contributed by atoms with Crippen LogP contribution in [-0.4, -0.2) is 19.4 Å². The molecule has 3 heteroatoms. The first-order chi connectivity index (χ1) is 6.53. The van der Waals surface area contributed by atoms with Crippen LogP contribution in [0.15, 0.2) is 23.8 Å². The fourth-order valence-electron chi connectivity index (χ4n) is 1.39. The molecule has 1 N–H and O–H groups in total. The number of ether oxygens (including phenoxy) is 1. The van der Waals surface area contributed by atoms with Crippen molar-refractivity contribution in [2.45, 2.75) is 32.8 Å². The zero-order valence-corrected chi connectivity index (χ0v) is 10.9. The predicted octanol–water partition coefficient (Wildman–Crippen LogP) is 3.07. The molecular weight excluding hydrogens is 193 g/mol. The Balaban J connectivity index is 5.05. The van der Waals surface area contributed by atoms with Crippen molar-refractivity contribution >= 4 is 8.58 Å². The van der Waals surface area contributed by atoms with Crippen LogP contribution in [-0.2, 0) is 4.74 Å². The van der Waals surface area contributed by atoms with E-state index in [9.17, 15) is 0 Å². The Kier molecular flexibility index (Phi) is 6.06. The summed E-state index contributed by atoms with van der Waals surface area (Å²) in [5.74, 6) is 0. The van der Waals surface area contributed by atoms with E-state index in [4.69, 9.17) is 4.74 Å². The highest BCUT2D eigenvalue weighted by atomic mass is 31.1. The fraction of sp³-hybridized carbons (Fsp3) is 0.636. The summed E-state index contributed by atoms with van der Waals surface area (Å²) >= 11 is 0. The third-order valence-electron chi connectivity index (χ3n) is 2.29. The van der Waals surface area contributed by atoms with Gasteiger partial charge in [-0.3, -0.25) is 0 Å². The molecule has 0 aromatic heterocycles. The molecule has 0 aromatic rings. The molecule has 0 aliphatic carbocycles. The van der Waals surface area contributed by atoms with Gasteiger partial charge in [0.2, 0.25) is 0 Å². The average molecular weight is 215 g/mol. The first-order valence-electron chi connectivity index (χ1n) is 4.87. The molecule has 0 saturated carbocycles. The standard InChI is InChI=1S/C11H22NOP/c1-7-9(12-8-2)10(14-6)11(3,4)13-5/h8,12,14H,2,7H2,1,3-6H3/b10-9-. The van der Waals surface area contributed by atoms with Crippen LogP contribution in [0.2, 0.25) is 0 Å². The Hall–Kier alpha value is -0.330. The third-order valence-corrected chi connectivity index (χ3v) is 3.70. The van der Waals surface area contributed by atoms with Crippen molar-refractivity contribution in [3.05, 3.63) is 23.8 Å². The molecule has 0 radical (unpaired) electrons. The van der Waals surface area contributed by atoms with Crippen molar-refractivity contribution in [1.82, 2.24) is 5.32 Å². The number of hydrogen-bond donors (Lipinski definition) is 1. The number of hydrogen-bond acceptors (Lipinski definition) is 2. The number of nitrogens with one attached hydrogen (secondary N) is 1. The zero-order valence-electron chi connectivity index (χ0n) is 9.90. The third kappa shape index (κ3) is 3.43. The molecule has 2 nitrogen and oxygen atoms in total. The largest absolute Gasteiger partial charge is 0.374 e. The van der Waals surface area contributed by atoms with Crippen LogP contribution in [0, 0.1) is 0 Å². The van der Waals surface area contributed by atoms with E-state index in [1.165, 1.54) is 11.0 Å². The lowest BCUT2D eigenvalue weighted by atomic mass is 10.1. The summed E-state index contributed by atoms with van der Waals surface area (Å²) in [5, 5.41) is 4.53. The molecular formula is C11H22NOP. The van der Waals surface area contributed by atoms with E-state index >= 15 is 0 Å². The van der Waals surface area contributed by atoms with Gasteiger partial charge in [0.25, 0.3) is 0 Å². The lowest BCUT2D eigenvalue weighted by Gasteiger charge is -2.28. The lowest BCUT2D eigenvalue weighted by molar-refractivity contribution is 0.0608. The molecule has 0 spiro atoms. The molecule has 82 valence electrons. The highest BCUT2D eigenvalue weighted by Gasteiger charge is 2.23. The van der Waals surface area contributed by atoms with Gasteiger partial charge in [-0.2, -0.15) is 0 Å². The van der Waals surface area contributed by atoms with Crippen LogP contribution in [0.1, 0.15) is 27.2 Å². The SMILES string of the molecule is C=CN/C(CC)=C(\PC)C(C)(C)OC. The van der Waals surface area contributed by atoms with Gasteiger partial charge in [0.15, 0.2) is 0 Å². The summed E-state index contributed by atoms with van der Waals surface area (Å²) in [6.07, 6.45) is 2.71. The lowest BCUT2D eigenvalue weighted by Crippen LogP contribution is -2.26. The number of rotatable bonds is 6. The van der Waals surface area contributed by atoms with Crippen molar-refractivity contribution in [2.24, 2.45) is 0 Å². The second-order valence-electron chi connectivity index (χ2n) is 3.52. The van der Waals surface area contributed by atoms with Gasteiger partial charge in [0.1, 0.15) is 0 Å². The number of methoxy groups -OCH3 is 1. The predicted molar refractivity (Wildman–Crippen MR) is 66.0 cm³/mol. The Labute approximate surface area is 89.6 Å². The summed E-state index contributed by atoms with van der Waals surface area (Å²) in [4.78, 5) is 0. The highest BCUT2D eigenvalue weighted by Crippen LogP contribution is 2.35. The van der Waals surface area contributed by atoms with E-state index in [1.54, 1.807) is 13.3 Å². The molecule has 14 heavy (non-hydrogen) atoms. The van der Waals surface area contributed by atoms with E-state index in [2.05, 4.69) is 39.3 Å². The molecule has 1 unspecified atom stereocenters. The van der Waals surface area contributed by atoms with Crippen molar-refractivity contribution in [2.75, 3.05) is 13.8 Å². The Morgan fingerprint density at radius 1 is 1.57 bits per heavy atom. The maximum Gasteiger partial charge on any atom is 0.0889 e. The molecule has 0 heterocycles. The van der Waals surface area contributed by atoms with E-state index in [0.717, 1.165) is 15.0 Å². The molecule has 0 bridgehead atoms. The van der Waals surface area contributed by atoms with Gasteiger partial charge in [0, 0.05) is 18.1 Å². The Bertz CT molecular complexity index is 221. The van der Waals surface area contributed by atoms with Gasteiger partial charge < -0.3 is 10.1 Å². The minimum atomic E-state index is -0.186. The van der Waals surface area contributed by atoms with E-state index < -0.39 is 0 Å². The molecule has 0 amide bonds. The topological polar surface area (TPSA) is 21.3 Å². The molecule has 0 rings (SSSR count). The molecule has 0 aliphatic heterocycles. The quantitative estimate of drug-likeness (QED) is 0.687. The smallest absolute Gasteiger partial charge is 0.0889 e. The molecule has 0 fully saturated rings. The zero-order chi connectivity index (χ0) is 11.2. The Morgan fingerprint density at radius 3 is 2.43 bits per heavy atom. The van der Waals surface area contributed by atoms with Crippen LogP contribution in [0.4, 0.5) is 0 Å². The summed E-state index contributed by atoms with van der Waals surface area (Å²) in [6, 6.07) is 0. The maximum atomic E-state index is 5.49. The second-order valence-corrected chi connectivity index (χ2v) is 4.52. The van der Waals surface area contributed by atoms with Crippen molar-refractivity contribution in [1.29, 1.82) is 0 Å². The van der Waals surface area contributed by atoms with Crippen LogP contribution in [0.5, 0.6) is 0 Å². The van der Waals surface area contributed by atoms with Gasteiger partial charge in [-0.1, -0.05) is 22.1 Å².